The number of aromatic nitrogens is 1. The van der Waals surface area contributed by atoms with Crippen molar-refractivity contribution in [3.8, 4) is 22.4 Å². The molecule has 5 aromatic rings. The molecule has 0 aliphatic rings. The van der Waals surface area contributed by atoms with Crippen molar-refractivity contribution in [2.24, 2.45) is 5.92 Å². The molecule has 2 nitrogen and oxygen atoms in total. The van der Waals surface area contributed by atoms with Gasteiger partial charge in [-0.25, -0.2) is 0 Å². The van der Waals surface area contributed by atoms with Gasteiger partial charge in [0.1, 0.15) is 11.2 Å². The summed E-state index contributed by atoms with van der Waals surface area (Å²) >= 11 is 0. The predicted octanol–water partition coefficient (Wildman–Crippen LogP) is 8.44. The fourth-order valence-electron chi connectivity index (χ4n) is 4.80. The predicted molar refractivity (Wildman–Crippen MR) is 135 cm³/mol. The lowest BCUT2D eigenvalue weighted by molar-refractivity contribution is 0.644. The third-order valence-electron chi connectivity index (χ3n) is 6.39. The lowest BCUT2D eigenvalue weighted by atomic mass is 9.95. The highest BCUT2D eigenvalue weighted by atomic mass is 16.3. The Kier molecular flexibility index (Phi) is 5.09. The Balaban J connectivity index is 1.68. The van der Waals surface area contributed by atoms with Gasteiger partial charge in [0.05, 0.1) is 5.69 Å². The smallest absolute Gasteiger partial charge is 0.144 e. The molecule has 5 rings (SSSR count). The number of hydrogen-bond acceptors (Lipinski definition) is 2. The maximum Gasteiger partial charge on any atom is 0.144 e. The standard InChI is InChI=1S/C30H29NO/c1-18(2)14-23-15-27(31-17-21(23)5)26-11-7-10-25-24-13-12-22(16-28(24)32-30(25)26)29-19(3)8-6-9-20(29)4/h6-13,15-18H,14H2,1-5H3. The first kappa shape index (κ1) is 20.5. The Morgan fingerprint density at radius 1 is 0.812 bits per heavy atom. The summed E-state index contributed by atoms with van der Waals surface area (Å²) in [5.74, 6) is 0.606. The van der Waals surface area contributed by atoms with Crippen LogP contribution in [0.5, 0.6) is 0 Å². The number of aryl methyl sites for hydroxylation is 3. The third kappa shape index (κ3) is 3.50. The van der Waals surface area contributed by atoms with E-state index < -0.39 is 0 Å². The number of pyridine rings is 1. The van der Waals surface area contributed by atoms with E-state index in [0.29, 0.717) is 5.92 Å². The molecule has 0 amide bonds. The Labute approximate surface area is 189 Å². The van der Waals surface area contributed by atoms with Gasteiger partial charge in [0, 0.05) is 22.5 Å². The van der Waals surface area contributed by atoms with E-state index in [9.17, 15) is 0 Å². The molecule has 3 aromatic carbocycles. The molecule has 2 heteroatoms. The van der Waals surface area contributed by atoms with Crippen LogP contribution >= 0.6 is 0 Å². The van der Waals surface area contributed by atoms with E-state index in [0.717, 1.165) is 39.6 Å². The topological polar surface area (TPSA) is 26.0 Å². The van der Waals surface area contributed by atoms with Crippen molar-refractivity contribution in [3.63, 3.8) is 0 Å². The number of benzene rings is 3. The van der Waals surface area contributed by atoms with Crippen molar-refractivity contribution in [1.29, 1.82) is 0 Å². The van der Waals surface area contributed by atoms with E-state index in [4.69, 9.17) is 9.40 Å². The monoisotopic (exact) mass is 419 g/mol. The van der Waals surface area contributed by atoms with Gasteiger partial charge in [0.15, 0.2) is 0 Å². The minimum absolute atomic E-state index is 0.606. The fraction of sp³-hybridized carbons (Fsp3) is 0.233. The van der Waals surface area contributed by atoms with Gasteiger partial charge < -0.3 is 4.42 Å². The molecular formula is C30H29NO. The van der Waals surface area contributed by atoms with Gasteiger partial charge in [-0.05, 0) is 90.8 Å². The van der Waals surface area contributed by atoms with Gasteiger partial charge in [-0.15, -0.1) is 0 Å². The van der Waals surface area contributed by atoms with Gasteiger partial charge in [-0.2, -0.15) is 0 Å². The van der Waals surface area contributed by atoms with Crippen LogP contribution in [0.3, 0.4) is 0 Å². The van der Waals surface area contributed by atoms with E-state index in [1.807, 2.05) is 6.20 Å². The molecule has 0 atom stereocenters. The summed E-state index contributed by atoms with van der Waals surface area (Å²) in [5.41, 5.74) is 11.5. The maximum atomic E-state index is 6.49. The largest absolute Gasteiger partial charge is 0.455 e. The van der Waals surface area contributed by atoms with Gasteiger partial charge in [0.2, 0.25) is 0 Å². The molecule has 160 valence electrons. The summed E-state index contributed by atoms with van der Waals surface area (Å²) in [6, 6.07) is 21.6. The van der Waals surface area contributed by atoms with Crippen LogP contribution in [0, 0.1) is 26.7 Å². The van der Waals surface area contributed by atoms with Crippen molar-refractivity contribution in [2.45, 2.75) is 41.0 Å². The summed E-state index contributed by atoms with van der Waals surface area (Å²) in [5, 5.41) is 2.28. The molecule has 0 saturated carbocycles. The first-order valence-electron chi connectivity index (χ1n) is 11.4. The molecular weight excluding hydrogens is 390 g/mol. The average Bonchev–Trinajstić information content (AvgIpc) is 3.13. The normalized spacial score (nSPS) is 11.7. The van der Waals surface area contributed by atoms with E-state index >= 15 is 0 Å². The third-order valence-corrected chi connectivity index (χ3v) is 6.39. The Bertz CT molecular complexity index is 1440. The molecule has 0 unspecified atom stereocenters. The molecule has 0 bridgehead atoms. The van der Waals surface area contributed by atoms with E-state index in [2.05, 4.69) is 95.3 Å². The highest BCUT2D eigenvalue weighted by Gasteiger charge is 2.15. The second-order valence-corrected chi connectivity index (χ2v) is 9.36. The molecule has 0 saturated heterocycles. The summed E-state index contributed by atoms with van der Waals surface area (Å²) in [4.78, 5) is 4.77. The highest BCUT2D eigenvalue weighted by molar-refractivity contribution is 6.10. The van der Waals surface area contributed by atoms with Gasteiger partial charge in [-0.1, -0.05) is 50.2 Å². The molecule has 0 radical (unpaired) electrons. The summed E-state index contributed by atoms with van der Waals surface area (Å²) in [7, 11) is 0. The van der Waals surface area contributed by atoms with Crippen molar-refractivity contribution in [1.82, 2.24) is 4.98 Å². The molecule has 0 aliphatic carbocycles. The van der Waals surface area contributed by atoms with Crippen molar-refractivity contribution in [2.75, 3.05) is 0 Å². The number of para-hydroxylation sites is 1. The lowest BCUT2D eigenvalue weighted by Gasteiger charge is -2.10. The van der Waals surface area contributed by atoms with Crippen LogP contribution in [0.25, 0.3) is 44.3 Å². The van der Waals surface area contributed by atoms with Crippen molar-refractivity contribution >= 4 is 21.9 Å². The molecule has 0 N–H and O–H groups in total. The number of furan rings is 1. The van der Waals surface area contributed by atoms with Crippen LogP contribution in [-0.2, 0) is 6.42 Å². The zero-order valence-corrected chi connectivity index (χ0v) is 19.5. The first-order valence-corrected chi connectivity index (χ1v) is 11.4. The van der Waals surface area contributed by atoms with Crippen LogP contribution < -0.4 is 0 Å². The molecule has 0 fully saturated rings. The number of hydrogen-bond donors (Lipinski definition) is 0. The zero-order valence-electron chi connectivity index (χ0n) is 19.5. The Hall–Kier alpha value is -3.39. The highest BCUT2D eigenvalue weighted by Crippen LogP contribution is 2.38. The van der Waals surface area contributed by atoms with Gasteiger partial charge in [0.25, 0.3) is 0 Å². The Morgan fingerprint density at radius 3 is 2.31 bits per heavy atom. The quantitative estimate of drug-likeness (QED) is 0.292. The van der Waals surface area contributed by atoms with E-state index in [1.165, 1.54) is 33.4 Å². The number of fused-ring (bicyclic) bond motifs is 3. The first-order chi connectivity index (χ1) is 15.4. The lowest BCUT2D eigenvalue weighted by Crippen LogP contribution is -1.99. The molecule has 32 heavy (non-hydrogen) atoms. The number of rotatable bonds is 4. The molecule has 0 spiro atoms. The molecule has 2 heterocycles. The minimum atomic E-state index is 0.606. The van der Waals surface area contributed by atoms with E-state index in [-0.39, 0.29) is 0 Å². The molecule has 2 aromatic heterocycles. The van der Waals surface area contributed by atoms with Crippen molar-refractivity contribution in [3.05, 3.63) is 89.1 Å². The number of nitrogens with zero attached hydrogens (tertiary/aromatic N) is 1. The SMILES string of the molecule is Cc1cnc(-c2cccc3c2oc2cc(-c4c(C)cccc4C)ccc23)cc1CC(C)C. The zero-order chi connectivity index (χ0) is 22.4. The van der Waals surface area contributed by atoms with Crippen LogP contribution in [0.2, 0.25) is 0 Å². The fourth-order valence-corrected chi connectivity index (χ4v) is 4.80. The minimum Gasteiger partial charge on any atom is -0.455 e. The van der Waals surface area contributed by atoms with Crippen LogP contribution in [-0.4, -0.2) is 4.98 Å². The average molecular weight is 420 g/mol. The Morgan fingerprint density at radius 2 is 1.56 bits per heavy atom. The second-order valence-electron chi connectivity index (χ2n) is 9.36. The van der Waals surface area contributed by atoms with E-state index in [1.54, 1.807) is 0 Å². The van der Waals surface area contributed by atoms with Gasteiger partial charge in [-0.3, -0.25) is 4.98 Å². The van der Waals surface area contributed by atoms with Crippen LogP contribution in [0.4, 0.5) is 0 Å². The van der Waals surface area contributed by atoms with Crippen LogP contribution in [0.1, 0.15) is 36.1 Å². The summed E-state index contributed by atoms with van der Waals surface area (Å²) in [6.07, 6.45) is 3.05. The summed E-state index contributed by atoms with van der Waals surface area (Å²) < 4.78 is 6.49. The molecule has 0 aliphatic heterocycles. The maximum absolute atomic E-state index is 6.49. The summed E-state index contributed by atoms with van der Waals surface area (Å²) in [6.45, 7) is 11.0. The van der Waals surface area contributed by atoms with Crippen molar-refractivity contribution < 1.29 is 4.42 Å². The van der Waals surface area contributed by atoms with Crippen LogP contribution in [0.15, 0.2) is 71.3 Å². The van der Waals surface area contributed by atoms with Gasteiger partial charge >= 0.3 is 0 Å². The second kappa shape index (κ2) is 7.94.